The Morgan fingerprint density at radius 1 is 0.857 bits per heavy atom. The van der Waals surface area contributed by atoms with Crippen molar-refractivity contribution >= 4 is 22.5 Å². The molecule has 0 aromatic heterocycles. The largest absolute Gasteiger partial charge is 0.506 e. The van der Waals surface area contributed by atoms with Crippen LogP contribution in [0.4, 0.5) is 0 Å². The second kappa shape index (κ2) is 14.3. The van der Waals surface area contributed by atoms with Crippen molar-refractivity contribution in [3.05, 3.63) is 106 Å². The van der Waals surface area contributed by atoms with Crippen LogP contribution >= 0.6 is 0 Å². The number of Topliss-reactive ketones (excluding diaryl/α,β-unsaturated/α-hetero) is 1. The lowest BCUT2D eigenvalue weighted by Crippen LogP contribution is -2.65. The molecule has 6 N–H and O–H groups in total. The molecular formula is C39H42O10. The summed E-state index contributed by atoms with van der Waals surface area (Å²) in [4.78, 5) is 25.9. The zero-order valence-electron chi connectivity index (χ0n) is 27.3. The molecule has 10 nitrogen and oxygen atoms in total. The third kappa shape index (κ3) is 7.06. The Balaban J connectivity index is 1.29. The minimum Gasteiger partial charge on any atom is -0.506 e. The number of carbonyl (C=O) groups is 2. The van der Waals surface area contributed by atoms with E-state index in [0.717, 1.165) is 30.0 Å². The summed E-state index contributed by atoms with van der Waals surface area (Å²) in [6.07, 6.45) is -3.89. The van der Waals surface area contributed by atoms with E-state index >= 15 is 0 Å². The van der Waals surface area contributed by atoms with Gasteiger partial charge in [-0.3, -0.25) is 4.79 Å². The van der Waals surface area contributed by atoms with Gasteiger partial charge in [-0.05, 0) is 78.8 Å². The van der Waals surface area contributed by atoms with Crippen molar-refractivity contribution in [2.45, 2.75) is 94.6 Å². The number of phenolic OH excluding ortho intramolecular Hbond substituents is 1. The highest BCUT2D eigenvalue weighted by Gasteiger charge is 2.54. The van der Waals surface area contributed by atoms with Crippen molar-refractivity contribution in [1.82, 2.24) is 0 Å². The fourth-order valence-electron chi connectivity index (χ4n) is 7.32. The number of aromatic hydroxyl groups is 1. The zero-order valence-corrected chi connectivity index (χ0v) is 27.3. The van der Waals surface area contributed by atoms with E-state index in [1.165, 1.54) is 11.6 Å². The highest BCUT2D eigenvalue weighted by molar-refractivity contribution is 6.09. The average Bonchev–Trinajstić information content (AvgIpc) is 3.54. The minimum atomic E-state index is -1.78. The normalized spacial score (nSPS) is 23.4. The van der Waals surface area contributed by atoms with Crippen molar-refractivity contribution in [1.29, 1.82) is 0 Å². The Morgan fingerprint density at radius 3 is 2.18 bits per heavy atom. The molecule has 0 spiro atoms. The number of aliphatic hydroxyl groups excluding tert-OH is 3. The third-order valence-corrected chi connectivity index (χ3v) is 9.98. The van der Waals surface area contributed by atoms with Crippen LogP contribution in [0.5, 0.6) is 11.5 Å². The van der Waals surface area contributed by atoms with Crippen LogP contribution in [-0.2, 0) is 24.0 Å². The Hall–Kier alpha value is -4.32. The first-order valence-corrected chi connectivity index (χ1v) is 16.7. The maximum atomic E-state index is 13.8. The van der Waals surface area contributed by atoms with E-state index in [0.29, 0.717) is 37.7 Å². The molecule has 5 atom stereocenters. The van der Waals surface area contributed by atoms with Gasteiger partial charge in [0.15, 0.2) is 5.78 Å². The molecule has 1 aliphatic heterocycles. The molecule has 0 amide bonds. The van der Waals surface area contributed by atoms with Gasteiger partial charge in [-0.25, -0.2) is 4.79 Å². The number of phenols is 1. The second-order valence-electron chi connectivity index (χ2n) is 13.3. The van der Waals surface area contributed by atoms with Crippen LogP contribution in [0.25, 0.3) is 10.8 Å². The smallest absolute Gasteiger partial charge is 0.335 e. The second-order valence-corrected chi connectivity index (χ2v) is 13.3. The molecule has 2 aliphatic rings. The topological polar surface area (TPSA) is 174 Å². The number of aryl methyl sites for hydroxylation is 4. The van der Waals surface area contributed by atoms with Gasteiger partial charge in [0.25, 0.3) is 0 Å². The number of benzene rings is 4. The third-order valence-electron chi connectivity index (χ3n) is 9.98. The summed E-state index contributed by atoms with van der Waals surface area (Å²) in [7, 11) is 0. The van der Waals surface area contributed by atoms with E-state index < -0.39 is 48.0 Å². The van der Waals surface area contributed by atoms with E-state index in [2.05, 4.69) is 18.2 Å². The molecule has 4 aromatic rings. The SMILES string of the molecule is Cc1cc2cc(C(=O)O)cc(O[C@H]3O[C@H](C4(O)CCCC4)[C@@H](O)[C@H](O)[C@H]3O)c2c(O)c1C(=O)CCc1ccccc1CCc1ccccc1. The molecule has 258 valence electrons. The number of fused-ring (bicyclic) bond motifs is 1. The Morgan fingerprint density at radius 2 is 1.51 bits per heavy atom. The standard InChI is InChI=1S/C39H42O10/c1-22-19-26-20-27(37(45)46)21-29(48-38-35(44)33(42)34(43)36(49-38)39(47)17-7-8-18-39)31(26)32(41)30(22)28(40)16-15-25-12-6-5-11-24(25)14-13-23-9-3-2-4-10-23/h2-6,9-12,19-21,33-36,38,41-44,47H,7-8,13-18H2,1H3,(H,45,46)/t33-,34-,35+,36-,38-/m0/s1. The average molecular weight is 671 g/mol. The highest BCUT2D eigenvalue weighted by Crippen LogP contribution is 2.43. The fraction of sp³-hybridized carbons (Fsp3) is 0.385. The maximum absolute atomic E-state index is 13.8. The molecule has 10 heteroatoms. The van der Waals surface area contributed by atoms with E-state index in [4.69, 9.17) is 9.47 Å². The lowest BCUT2D eigenvalue weighted by atomic mass is 9.85. The number of ether oxygens (including phenoxy) is 2. The van der Waals surface area contributed by atoms with Gasteiger partial charge in [0.2, 0.25) is 6.29 Å². The van der Waals surface area contributed by atoms with Crippen LogP contribution in [0, 0.1) is 6.92 Å². The van der Waals surface area contributed by atoms with Gasteiger partial charge in [-0.2, -0.15) is 0 Å². The molecule has 6 rings (SSSR count). The van der Waals surface area contributed by atoms with Gasteiger partial charge in [0.05, 0.1) is 22.1 Å². The summed E-state index contributed by atoms with van der Waals surface area (Å²) < 4.78 is 11.9. The predicted octanol–water partition coefficient (Wildman–Crippen LogP) is 4.64. The molecule has 49 heavy (non-hydrogen) atoms. The van der Waals surface area contributed by atoms with E-state index in [1.54, 1.807) is 13.0 Å². The van der Waals surface area contributed by atoms with Gasteiger partial charge < -0.3 is 40.1 Å². The van der Waals surface area contributed by atoms with Crippen LogP contribution in [0.1, 0.15) is 75.1 Å². The first kappa shape index (κ1) is 34.5. The molecule has 4 aromatic carbocycles. The quantitative estimate of drug-likeness (QED) is 0.123. The number of carboxylic acids is 1. The van der Waals surface area contributed by atoms with Crippen molar-refractivity contribution in [2.24, 2.45) is 0 Å². The number of hydrogen-bond acceptors (Lipinski definition) is 9. The Bertz CT molecular complexity index is 1830. The number of carboxylic acid groups (broad SMARTS) is 1. The molecule has 1 saturated carbocycles. The van der Waals surface area contributed by atoms with Gasteiger partial charge >= 0.3 is 5.97 Å². The lowest BCUT2D eigenvalue weighted by molar-refractivity contribution is -0.303. The van der Waals surface area contributed by atoms with Crippen LogP contribution in [0.3, 0.4) is 0 Å². The number of aliphatic hydroxyl groups is 4. The van der Waals surface area contributed by atoms with Crippen molar-refractivity contribution < 1.29 is 49.7 Å². The number of hydrogen-bond donors (Lipinski definition) is 6. The van der Waals surface area contributed by atoms with Crippen LogP contribution in [0.2, 0.25) is 0 Å². The van der Waals surface area contributed by atoms with Crippen molar-refractivity contribution in [3.63, 3.8) is 0 Å². The number of carbonyl (C=O) groups excluding carboxylic acids is 1. The lowest BCUT2D eigenvalue weighted by Gasteiger charge is -2.45. The van der Waals surface area contributed by atoms with E-state index in [1.807, 2.05) is 36.4 Å². The van der Waals surface area contributed by atoms with Gasteiger partial charge in [0.1, 0.15) is 35.9 Å². The summed E-state index contributed by atoms with van der Waals surface area (Å²) >= 11 is 0. The minimum absolute atomic E-state index is 0.0229. The number of aromatic carboxylic acids is 1. The monoisotopic (exact) mass is 670 g/mol. The van der Waals surface area contributed by atoms with E-state index in [9.17, 15) is 40.2 Å². The Labute approximate surface area is 284 Å². The van der Waals surface area contributed by atoms with E-state index in [-0.39, 0.29) is 39.9 Å². The molecular weight excluding hydrogens is 628 g/mol. The molecule has 2 fully saturated rings. The molecule has 0 unspecified atom stereocenters. The summed E-state index contributed by atoms with van der Waals surface area (Å²) in [5.74, 6) is -2.23. The first-order chi connectivity index (χ1) is 23.5. The van der Waals surface area contributed by atoms with Crippen molar-refractivity contribution in [2.75, 3.05) is 0 Å². The summed E-state index contributed by atoms with van der Waals surface area (Å²) in [6.45, 7) is 1.66. The van der Waals surface area contributed by atoms with Gasteiger partial charge in [-0.1, -0.05) is 73.5 Å². The predicted molar refractivity (Wildman–Crippen MR) is 181 cm³/mol. The maximum Gasteiger partial charge on any atom is 0.335 e. The van der Waals surface area contributed by atoms with Crippen LogP contribution in [-0.4, -0.2) is 78.7 Å². The molecule has 1 aliphatic carbocycles. The fourth-order valence-corrected chi connectivity index (χ4v) is 7.32. The summed E-state index contributed by atoms with van der Waals surface area (Å²) in [5.41, 5.74) is 2.22. The number of ketones is 1. The Kier molecular flexibility index (Phi) is 10.1. The molecule has 1 saturated heterocycles. The zero-order chi connectivity index (χ0) is 34.9. The number of rotatable bonds is 11. The van der Waals surface area contributed by atoms with Gasteiger partial charge in [0, 0.05) is 6.42 Å². The summed E-state index contributed by atoms with van der Waals surface area (Å²) in [5, 5.41) is 65.2. The first-order valence-electron chi connectivity index (χ1n) is 16.7. The summed E-state index contributed by atoms with van der Waals surface area (Å²) in [6, 6.07) is 22.2. The highest BCUT2D eigenvalue weighted by atomic mass is 16.7. The molecule has 0 radical (unpaired) electrons. The van der Waals surface area contributed by atoms with Crippen molar-refractivity contribution in [3.8, 4) is 11.5 Å². The van der Waals surface area contributed by atoms with Crippen LogP contribution in [0.15, 0.2) is 72.8 Å². The van der Waals surface area contributed by atoms with Gasteiger partial charge in [-0.15, -0.1) is 0 Å². The molecule has 1 heterocycles. The molecule has 0 bridgehead atoms. The van der Waals surface area contributed by atoms with Crippen LogP contribution < -0.4 is 4.74 Å².